The fraction of sp³-hybridized carbons (Fsp3) is 0.278. The van der Waals surface area contributed by atoms with E-state index in [1.54, 1.807) is 0 Å². The molecule has 0 spiro atoms. The summed E-state index contributed by atoms with van der Waals surface area (Å²) in [5.41, 5.74) is 3.97. The van der Waals surface area contributed by atoms with Crippen LogP contribution in [-0.2, 0) is 0 Å². The highest BCUT2D eigenvalue weighted by Gasteiger charge is 2.28. The molecule has 112 valence electrons. The first kappa shape index (κ1) is 14.3. The Balaban J connectivity index is 2.12. The van der Waals surface area contributed by atoms with E-state index in [4.69, 9.17) is 4.74 Å². The Hall–Kier alpha value is -2.67. The molecule has 0 atom stereocenters. The molecule has 0 unspecified atom stereocenters. The number of hydrogen-bond acceptors (Lipinski definition) is 4. The first-order valence-corrected chi connectivity index (χ1v) is 7.21. The maximum Gasteiger partial charge on any atom is 0.134 e. The summed E-state index contributed by atoms with van der Waals surface area (Å²) in [4.78, 5) is 4.05. The zero-order valence-electron chi connectivity index (χ0n) is 13.3. The molecule has 22 heavy (non-hydrogen) atoms. The Bertz CT molecular complexity index is 702. The van der Waals surface area contributed by atoms with E-state index in [1.807, 2.05) is 74.4 Å². The van der Waals surface area contributed by atoms with Gasteiger partial charge in [0.2, 0.25) is 0 Å². The van der Waals surface area contributed by atoms with Crippen LogP contribution in [0.25, 0.3) is 0 Å². The predicted octanol–water partition coefficient (Wildman–Crippen LogP) is 3.58. The lowest BCUT2D eigenvalue weighted by atomic mass is 9.88. The second-order valence-electron chi connectivity index (χ2n) is 5.90. The third-order valence-corrected chi connectivity index (χ3v) is 4.00. The number of benzene rings is 2. The van der Waals surface area contributed by atoms with Gasteiger partial charge >= 0.3 is 0 Å². The molecule has 2 aromatic rings. The molecule has 0 saturated heterocycles. The Morgan fingerprint density at radius 3 is 1.68 bits per heavy atom. The zero-order chi connectivity index (χ0) is 15.9. The van der Waals surface area contributed by atoms with E-state index in [-0.39, 0.29) is 5.92 Å². The largest absolute Gasteiger partial charge is 0.457 e. The summed E-state index contributed by atoms with van der Waals surface area (Å²) in [6.45, 7) is 0. The highest BCUT2D eigenvalue weighted by molar-refractivity contribution is 5.64. The van der Waals surface area contributed by atoms with Gasteiger partial charge in [-0.05, 0) is 12.1 Å². The molecule has 3 rings (SSSR count). The normalized spacial score (nSPS) is 12.7. The van der Waals surface area contributed by atoms with E-state index in [9.17, 15) is 5.26 Å². The maximum atomic E-state index is 9.62. The van der Waals surface area contributed by atoms with Gasteiger partial charge in [0.25, 0.3) is 0 Å². The van der Waals surface area contributed by atoms with Crippen molar-refractivity contribution in [3.05, 3.63) is 47.5 Å². The highest BCUT2D eigenvalue weighted by Crippen LogP contribution is 2.46. The summed E-state index contributed by atoms with van der Waals surface area (Å²) in [7, 11) is 7.96. The molecule has 2 aromatic carbocycles. The van der Waals surface area contributed by atoms with Crippen molar-refractivity contribution in [3.8, 4) is 17.6 Å². The van der Waals surface area contributed by atoms with Crippen molar-refractivity contribution >= 4 is 11.4 Å². The van der Waals surface area contributed by atoms with Crippen LogP contribution in [-0.4, -0.2) is 28.2 Å². The van der Waals surface area contributed by atoms with Gasteiger partial charge in [0.15, 0.2) is 0 Å². The predicted molar refractivity (Wildman–Crippen MR) is 89.1 cm³/mol. The molecule has 0 bridgehead atoms. The number of rotatable bonds is 2. The summed E-state index contributed by atoms with van der Waals surface area (Å²) in [5.74, 6) is 1.24. The lowest BCUT2D eigenvalue weighted by Crippen LogP contribution is -2.14. The average molecular weight is 293 g/mol. The number of nitrogens with zero attached hydrogens (tertiary/aromatic N) is 3. The first-order chi connectivity index (χ1) is 10.5. The van der Waals surface area contributed by atoms with Gasteiger partial charge in [0.05, 0.1) is 6.07 Å². The van der Waals surface area contributed by atoms with Crippen LogP contribution in [0.3, 0.4) is 0 Å². The Labute approximate surface area is 131 Å². The maximum absolute atomic E-state index is 9.62. The third-order valence-electron chi connectivity index (χ3n) is 4.00. The van der Waals surface area contributed by atoms with Crippen molar-refractivity contribution < 1.29 is 4.74 Å². The quantitative estimate of drug-likeness (QED) is 0.848. The van der Waals surface area contributed by atoms with Crippen LogP contribution in [0.1, 0.15) is 17.0 Å². The van der Waals surface area contributed by atoms with E-state index in [0.717, 1.165) is 34.0 Å². The van der Waals surface area contributed by atoms with E-state index in [2.05, 4.69) is 6.07 Å². The molecule has 0 aromatic heterocycles. The molecular weight excluding hydrogens is 274 g/mol. The fourth-order valence-corrected chi connectivity index (χ4v) is 2.68. The number of ether oxygens (including phenoxy) is 1. The summed E-state index contributed by atoms with van der Waals surface area (Å²) >= 11 is 0. The summed E-state index contributed by atoms with van der Waals surface area (Å²) in [6.07, 6.45) is 0. The molecule has 1 aliphatic rings. The average Bonchev–Trinajstić information content (AvgIpc) is 2.51. The first-order valence-electron chi connectivity index (χ1n) is 7.21. The van der Waals surface area contributed by atoms with Crippen molar-refractivity contribution in [2.45, 2.75) is 5.92 Å². The van der Waals surface area contributed by atoms with Crippen LogP contribution in [0.2, 0.25) is 0 Å². The molecular formula is C18H19N3O. The van der Waals surface area contributed by atoms with Gasteiger partial charge in [-0.1, -0.05) is 12.1 Å². The second-order valence-corrected chi connectivity index (χ2v) is 5.90. The van der Waals surface area contributed by atoms with E-state index < -0.39 is 0 Å². The van der Waals surface area contributed by atoms with Crippen molar-refractivity contribution in [1.82, 2.24) is 0 Å². The van der Waals surface area contributed by atoms with Crippen molar-refractivity contribution in [3.63, 3.8) is 0 Å². The summed E-state index contributed by atoms with van der Waals surface area (Å²) < 4.78 is 6.09. The Morgan fingerprint density at radius 2 is 1.32 bits per heavy atom. The van der Waals surface area contributed by atoms with Gasteiger partial charge in [-0.3, -0.25) is 0 Å². The molecule has 0 fully saturated rings. The van der Waals surface area contributed by atoms with Crippen molar-refractivity contribution in [2.24, 2.45) is 0 Å². The highest BCUT2D eigenvalue weighted by atomic mass is 16.5. The van der Waals surface area contributed by atoms with Crippen LogP contribution in [0.4, 0.5) is 11.4 Å². The molecule has 0 aliphatic carbocycles. The van der Waals surface area contributed by atoms with Gasteiger partial charge in [-0.2, -0.15) is 5.26 Å². The van der Waals surface area contributed by atoms with Gasteiger partial charge in [0.1, 0.15) is 17.4 Å². The van der Waals surface area contributed by atoms with Crippen molar-refractivity contribution in [1.29, 1.82) is 5.26 Å². The van der Waals surface area contributed by atoms with Crippen LogP contribution in [0, 0.1) is 11.3 Å². The Morgan fingerprint density at radius 1 is 0.864 bits per heavy atom. The zero-order valence-corrected chi connectivity index (χ0v) is 13.3. The van der Waals surface area contributed by atoms with Gasteiger partial charge in [-0.15, -0.1) is 0 Å². The van der Waals surface area contributed by atoms with Crippen LogP contribution in [0.5, 0.6) is 11.5 Å². The lowest BCUT2D eigenvalue weighted by molar-refractivity contribution is 0.455. The van der Waals surface area contributed by atoms with E-state index in [0.29, 0.717) is 0 Å². The number of anilines is 2. The molecule has 1 aliphatic heterocycles. The van der Waals surface area contributed by atoms with Gasteiger partial charge in [0, 0.05) is 62.8 Å². The number of fused-ring (bicyclic) bond motifs is 2. The molecule has 0 amide bonds. The topological polar surface area (TPSA) is 39.5 Å². The minimum Gasteiger partial charge on any atom is -0.457 e. The second kappa shape index (κ2) is 5.27. The standard InChI is InChI=1S/C18H19N3O/c1-20(2)12-5-7-14-16(11-19)15-8-6-13(21(3)4)10-18(15)22-17(14)9-12/h5-10,16H,1-4H3. The summed E-state index contributed by atoms with van der Waals surface area (Å²) in [6, 6.07) is 14.4. The summed E-state index contributed by atoms with van der Waals surface area (Å²) in [5, 5.41) is 9.62. The van der Waals surface area contributed by atoms with E-state index >= 15 is 0 Å². The molecule has 0 radical (unpaired) electrons. The lowest BCUT2D eigenvalue weighted by Gasteiger charge is -2.27. The molecule has 0 saturated carbocycles. The molecule has 1 heterocycles. The van der Waals surface area contributed by atoms with Crippen molar-refractivity contribution in [2.75, 3.05) is 38.0 Å². The van der Waals surface area contributed by atoms with Crippen LogP contribution >= 0.6 is 0 Å². The Kier molecular flexibility index (Phi) is 3.42. The minimum atomic E-state index is -0.286. The van der Waals surface area contributed by atoms with Crippen LogP contribution in [0.15, 0.2) is 36.4 Å². The smallest absolute Gasteiger partial charge is 0.134 e. The number of nitriles is 1. The molecule has 0 N–H and O–H groups in total. The molecule has 4 heteroatoms. The SMILES string of the molecule is CN(C)c1ccc2c(c1)Oc1cc(N(C)C)ccc1C2C#N. The molecule has 4 nitrogen and oxygen atoms in total. The fourth-order valence-electron chi connectivity index (χ4n) is 2.68. The van der Waals surface area contributed by atoms with Gasteiger partial charge < -0.3 is 14.5 Å². The third kappa shape index (κ3) is 2.25. The van der Waals surface area contributed by atoms with Gasteiger partial charge in [-0.25, -0.2) is 0 Å². The van der Waals surface area contributed by atoms with E-state index in [1.165, 1.54) is 0 Å². The minimum absolute atomic E-state index is 0.286. The number of hydrogen-bond donors (Lipinski definition) is 0. The van der Waals surface area contributed by atoms with Crippen LogP contribution < -0.4 is 14.5 Å². The monoisotopic (exact) mass is 293 g/mol.